The van der Waals surface area contributed by atoms with Gasteiger partial charge in [0, 0.05) is 38.4 Å². The second-order valence-electron chi connectivity index (χ2n) is 8.05. The first-order valence-electron chi connectivity index (χ1n) is 10.5. The molecule has 0 saturated carbocycles. The first kappa shape index (κ1) is 24.5. The Morgan fingerprint density at radius 1 is 1.06 bits per heavy atom. The Bertz CT molecular complexity index is 1400. The number of carbonyl (C=O) groups is 1. The molecule has 4 rings (SSSR count). The van der Waals surface area contributed by atoms with Crippen molar-refractivity contribution in [3.05, 3.63) is 68.7 Å². The van der Waals surface area contributed by atoms with Crippen molar-refractivity contribution in [2.24, 2.45) is 0 Å². The Morgan fingerprint density at radius 2 is 1.79 bits per heavy atom. The van der Waals surface area contributed by atoms with Gasteiger partial charge >= 0.3 is 0 Å². The van der Waals surface area contributed by atoms with Gasteiger partial charge in [-0.15, -0.1) is 0 Å². The van der Waals surface area contributed by atoms with Gasteiger partial charge in [-0.05, 0) is 35.9 Å². The molecule has 2 aromatic carbocycles. The van der Waals surface area contributed by atoms with Gasteiger partial charge in [0.25, 0.3) is 5.56 Å². The van der Waals surface area contributed by atoms with Crippen molar-refractivity contribution < 1.29 is 13.2 Å². The van der Waals surface area contributed by atoms with Gasteiger partial charge < -0.3 is 10.2 Å². The molecule has 1 amide bonds. The summed E-state index contributed by atoms with van der Waals surface area (Å²) in [6, 6.07) is 10.4. The largest absolute Gasteiger partial charge is 0.369 e. The van der Waals surface area contributed by atoms with Crippen molar-refractivity contribution in [3.8, 4) is 0 Å². The first-order chi connectivity index (χ1) is 16.1. The molecule has 0 unspecified atom stereocenters. The number of aromatic nitrogens is 2. The minimum atomic E-state index is -3.22. The lowest BCUT2D eigenvalue weighted by atomic mass is 10.2. The van der Waals surface area contributed by atoms with Crippen molar-refractivity contribution >= 4 is 55.7 Å². The number of halogens is 2. The molecule has 0 radical (unpaired) electrons. The summed E-state index contributed by atoms with van der Waals surface area (Å²) in [5, 5.41) is 3.98. The van der Waals surface area contributed by atoms with Gasteiger partial charge in [0.1, 0.15) is 6.54 Å². The van der Waals surface area contributed by atoms with E-state index in [1.807, 2.05) is 11.0 Å². The average molecular weight is 524 g/mol. The van der Waals surface area contributed by atoms with Crippen LogP contribution in [0.4, 0.5) is 5.69 Å². The van der Waals surface area contributed by atoms with Gasteiger partial charge in [-0.25, -0.2) is 13.4 Å². The lowest BCUT2D eigenvalue weighted by Crippen LogP contribution is -2.48. The number of sulfonamides is 1. The Kier molecular flexibility index (Phi) is 7.13. The number of fused-ring (bicyclic) bond motifs is 1. The highest BCUT2D eigenvalue weighted by molar-refractivity contribution is 7.88. The molecular weight excluding hydrogens is 501 g/mol. The molecule has 1 aliphatic heterocycles. The van der Waals surface area contributed by atoms with Crippen molar-refractivity contribution in [1.82, 2.24) is 19.2 Å². The van der Waals surface area contributed by atoms with Gasteiger partial charge in [-0.3, -0.25) is 14.2 Å². The summed E-state index contributed by atoms with van der Waals surface area (Å²) in [6.07, 6.45) is 2.56. The molecule has 34 heavy (non-hydrogen) atoms. The van der Waals surface area contributed by atoms with E-state index in [1.54, 1.807) is 30.3 Å². The molecular formula is C22H23Cl2N5O4S. The predicted octanol–water partition coefficient (Wildman–Crippen LogP) is 2.10. The van der Waals surface area contributed by atoms with Crippen molar-refractivity contribution in [3.63, 3.8) is 0 Å². The molecule has 12 heteroatoms. The van der Waals surface area contributed by atoms with Crippen LogP contribution in [0.3, 0.4) is 0 Å². The number of anilines is 1. The number of rotatable bonds is 6. The van der Waals surface area contributed by atoms with Gasteiger partial charge in [-0.2, -0.15) is 4.31 Å². The number of nitrogens with one attached hydrogen (secondary N) is 1. The highest BCUT2D eigenvalue weighted by Gasteiger charge is 2.23. The summed E-state index contributed by atoms with van der Waals surface area (Å²) >= 11 is 11.9. The van der Waals surface area contributed by atoms with Crippen LogP contribution in [0.5, 0.6) is 0 Å². The highest BCUT2D eigenvalue weighted by Crippen LogP contribution is 2.23. The third-order valence-corrected chi connectivity index (χ3v) is 7.71. The lowest BCUT2D eigenvalue weighted by molar-refractivity contribution is -0.121. The molecule has 1 N–H and O–H groups in total. The van der Waals surface area contributed by atoms with E-state index in [1.165, 1.54) is 21.5 Å². The summed E-state index contributed by atoms with van der Waals surface area (Å²) < 4.78 is 26.2. The highest BCUT2D eigenvalue weighted by atomic mass is 35.5. The summed E-state index contributed by atoms with van der Waals surface area (Å²) in [5.41, 5.74) is 1.79. The normalized spacial score (nSPS) is 15.0. The monoisotopic (exact) mass is 523 g/mol. The van der Waals surface area contributed by atoms with E-state index in [0.29, 0.717) is 47.1 Å². The number of hydrogen-bond acceptors (Lipinski definition) is 6. The second-order valence-corrected chi connectivity index (χ2v) is 10.9. The number of amides is 1. The van der Waals surface area contributed by atoms with Crippen LogP contribution < -0.4 is 15.8 Å². The number of nitrogens with zero attached hydrogens (tertiary/aromatic N) is 4. The zero-order chi connectivity index (χ0) is 24.5. The minimum absolute atomic E-state index is 0.180. The number of carbonyl (C=O) groups excluding carboxylic acids is 1. The Labute approximate surface area is 206 Å². The zero-order valence-corrected chi connectivity index (χ0v) is 20.7. The van der Waals surface area contributed by atoms with E-state index in [4.69, 9.17) is 23.2 Å². The fourth-order valence-electron chi connectivity index (χ4n) is 3.80. The van der Waals surface area contributed by atoms with Gasteiger partial charge in [0.05, 0.1) is 33.5 Å². The molecule has 1 aliphatic rings. The molecule has 0 atom stereocenters. The summed E-state index contributed by atoms with van der Waals surface area (Å²) in [7, 11) is -3.22. The Balaban J connectivity index is 1.46. The van der Waals surface area contributed by atoms with Gasteiger partial charge in [0.15, 0.2) is 0 Å². The average Bonchev–Trinajstić information content (AvgIpc) is 2.81. The third-order valence-electron chi connectivity index (χ3n) is 5.67. The predicted molar refractivity (Wildman–Crippen MR) is 133 cm³/mol. The lowest BCUT2D eigenvalue weighted by Gasteiger charge is -2.34. The maximum absolute atomic E-state index is 13.0. The van der Waals surface area contributed by atoms with Crippen molar-refractivity contribution in [2.75, 3.05) is 37.3 Å². The Hall–Kier alpha value is -2.66. The number of piperazine rings is 1. The van der Waals surface area contributed by atoms with E-state index < -0.39 is 10.0 Å². The number of benzene rings is 2. The van der Waals surface area contributed by atoms with E-state index in [0.717, 1.165) is 11.3 Å². The maximum atomic E-state index is 13.0. The van der Waals surface area contributed by atoms with Crippen LogP contribution in [-0.4, -0.2) is 60.6 Å². The summed E-state index contributed by atoms with van der Waals surface area (Å²) in [5.74, 6) is -0.345. The van der Waals surface area contributed by atoms with Crippen LogP contribution in [0, 0.1) is 0 Å². The second kappa shape index (κ2) is 9.91. The molecule has 0 spiro atoms. The molecule has 0 aliphatic carbocycles. The van der Waals surface area contributed by atoms with E-state index in [-0.39, 0.29) is 24.6 Å². The third kappa shape index (κ3) is 5.52. The molecule has 3 aromatic rings. The van der Waals surface area contributed by atoms with Crippen LogP contribution in [0.2, 0.25) is 10.0 Å². The summed E-state index contributed by atoms with van der Waals surface area (Å²) in [6.45, 7) is 1.87. The quantitative estimate of drug-likeness (QED) is 0.530. The van der Waals surface area contributed by atoms with E-state index in [9.17, 15) is 18.0 Å². The SMILES string of the molecule is CS(=O)(=O)N1CCN(c2ccc3ncn(CC(=O)NCc4ccc(Cl)c(Cl)c4)c(=O)c3c2)CC1. The standard InChI is InChI=1S/C22H23Cl2N5O4S/c1-34(32,33)29-8-6-27(7-9-29)16-3-5-20-17(11-16)22(31)28(14-26-20)13-21(30)25-12-15-2-4-18(23)19(24)10-15/h2-5,10-11,14H,6-9,12-13H2,1H3,(H,25,30). The van der Waals surface area contributed by atoms with Crippen LogP contribution in [0.1, 0.15) is 5.56 Å². The first-order valence-corrected chi connectivity index (χ1v) is 13.1. The molecule has 1 fully saturated rings. The van der Waals surface area contributed by atoms with E-state index >= 15 is 0 Å². The van der Waals surface area contributed by atoms with Crippen LogP contribution in [-0.2, 0) is 27.9 Å². The molecule has 1 saturated heterocycles. The van der Waals surface area contributed by atoms with Crippen molar-refractivity contribution in [1.29, 1.82) is 0 Å². The smallest absolute Gasteiger partial charge is 0.261 e. The molecule has 180 valence electrons. The van der Waals surface area contributed by atoms with E-state index in [2.05, 4.69) is 10.3 Å². The molecule has 9 nitrogen and oxygen atoms in total. The van der Waals surface area contributed by atoms with Gasteiger partial charge in [0.2, 0.25) is 15.9 Å². The van der Waals surface area contributed by atoms with Crippen LogP contribution >= 0.6 is 23.2 Å². The van der Waals surface area contributed by atoms with Crippen LogP contribution in [0.25, 0.3) is 10.9 Å². The summed E-state index contributed by atoms with van der Waals surface area (Å²) in [4.78, 5) is 31.8. The zero-order valence-electron chi connectivity index (χ0n) is 18.4. The number of hydrogen-bond donors (Lipinski definition) is 1. The molecule has 2 heterocycles. The fourth-order valence-corrected chi connectivity index (χ4v) is 4.94. The molecule has 1 aromatic heterocycles. The van der Waals surface area contributed by atoms with Gasteiger partial charge in [-0.1, -0.05) is 29.3 Å². The van der Waals surface area contributed by atoms with Crippen molar-refractivity contribution in [2.45, 2.75) is 13.1 Å². The topological polar surface area (TPSA) is 105 Å². The maximum Gasteiger partial charge on any atom is 0.261 e. The minimum Gasteiger partial charge on any atom is -0.369 e. The Morgan fingerprint density at radius 3 is 2.47 bits per heavy atom. The van der Waals surface area contributed by atoms with Crippen LogP contribution in [0.15, 0.2) is 47.5 Å². The fraction of sp³-hybridized carbons (Fsp3) is 0.318. The molecule has 0 bridgehead atoms.